The predicted octanol–water partition coefficient (Wildman–Crippen LogP) is 2.89. The Bertz CT molecular complexity index is 790. The maximum atomic E-state index is 12.2. The molecule has 30 heavy (non-hydrogen) atoms. The van der Waals surface area contributed by atoms with Gasteiger partial charge in [0.25, 0.3) is 5.91 Å². The number of hydrogen-bond donors (Lipinski definition) is 2. The SMILES string of the molecule is CCNC(=NCCNC(=O)c1ccc(OC)cc1)N1CCN(c2cccs2)CC1.I. The number of methoxy groups -OCH3 is 1. The van der Waals surface area contributed by atoms with Crippen molar-refractivity contribution < 1.29 is 9.53 Å². The average Bonchev–Trinajstić information content (AvgIpc) is 3.31. The molecule has 2 N–H and O–H groups in total. The van der Waals surface area contributed by atoms with Crippen molar-refractivity contribution in [1.82, 2.24) is 15.5 Å². The molecule has 1 aliphatic heterocycles. The Balaban J connectivity index is 0.00000320. The summed E-state index contributed by atoms with van der Waals surface area (Å²) in [5.41, 5.74) is 0.617. The van der Waals surface area contributed by atoms with Crippen LogP contribution in [-0.2, 0) is 0 Å². The number of benzene rings is 1. The quantitative estimate of drug-likeness (QED) is 0.243. The highest BCUT2D eigenvalue weighted by molar-refractivity contribution is 14.0. The first kappa shape index (κ1) is 24.3. The Morgan fingerprint density at radius 3 is 2.47 bits per heavy atom. The van der Waals surface area contributed by atoms with Crippen LogP contribution >= 0.6 is 35.3 Å². The molecular formula is C21H30IN5O2S. The van der Waals surface area contributed by atoms with Crippen LogP contribution in [0.4, 0.5) is 5.00 Å². The van der Waals surface area contributed by atoms with Gasteiger partial charge < -0.3 is 25.2 Å². The molecule has 1 amide bonds. The van der Waals surface area contributed by atoms with Gasteiger partial charge in [0, 0.05) is 44.8 Å². The fraction of sp³-hybridized carbons (Fsp3) is 0.429. The van der Waals surface area contributed by atoms with E-state index >= 15 is 0 Å². The molecule has 0 radical (unpaired) electrons. The number of hydrogen-bond acceptors (Lipinski definition) is 5. The smallest absolute Gasteiger partial charge is 0.251 e. The fourth-order valence-electron chi connectivity index (χ4n) is 3.19. The van der Waals surface area contributed by atoms with Gasteiger partial charge in [0.2, 0.25) is 0 Å². The highest BCUT2D eigenvalue weighted by atomic mass is 127. The molecule has 2 heterocycles. The summed E-state index contributed by atoms with van der Waals surface area (Å²) in [4.78, 5) is 21.6. The summed E-state index contributed by atoms with van der Waals surface area (Å²) in [7, 11) is 1.61. The van der Waals surface area contributed by atoms with Crippen LogP contribution in [-0.4, -0.2) is 69.7 Å². The Morgan fingerprint density at radius 1 is 1.13 bits per heavy atom. The summed E-state index contributed by atoms with van der Waals surface area (Å²) in [5.74, 6) is 1.55. The molecule has 9 heteroatoms. The van der Waals surface area contributed by atoms with Crippen molar-refractivity contribution in [2.45, 2.75) is 6.92 Å². The molecule has 0 bridgehead atoms. The molecule has 0 aliphatic carbocycles. The van der Waals surface area contributed by atoms with Gasteiger partial charge in [-0.25, -0.2) is 0 Å². The van der Waals surface area contributed by atoms with Crippen LogP contribution in [0.1, 0.15) is 17.3 Å². The van der Waals surface area contributed by atoms with Gasteiger partial charge in [0.1, 0.15) is 5.75 Å². The zero-order valence-corrected chi connectivity index (χ0v) is 20.6. The molecule has 3 rings (SSSR count). The Hall–Kier alpha value is -2.01. The summed E-state index contributed by atoms with van der Waals surface area (Å²) in [6.45, 7) is 7.76. The number of nitrogens with zero attached hydrogens (tertiary/aromatic N) is 3. The highest BCUT2D eigenvalue weighted by Gasteiger charge is 2.20. The number of nitrogens with one attached hydrogen (secondary N) is 2. The van der Waals surface area contributed by atoms with Crippen molar-refractivity contribution in [3.63, 3.8) is 0 Å². The van der Waals surface area contributed by atoms with Crippen LogP contribution < -0.4 is 20.3 Å². The zero-order chi connectivity index (χ0) is 20.5. The van der Waals surface area contributed by atoms with Crippen LogP contribution in [0.25, 0.3) is 0 Å². The molecule has 164 valence electrons. The number of anilines is 1. The van der Waals surface area contributed by atoms with Gasteiger partial charge in [-0.15, -0.1) is 35.3 Å². The van der Waals surface area contributed by atoms with Crippen LogP contribution in [0.15, 0.2) is 46.8 Å². The van der Waals surface area contributed by atoms with Crippen LogP contribution in [0.2, 0.25) is 0 Å². The van der Waals surface area contributed by atoms with Crippen LogP contribution in [0.3, 0.4) is 0 Å². The molecule has 0 saturated carbocycles. The first-order valence-electron chi connectivity index (χ1n) is 9.95. The number of aliphatic imine (C=N–C) groups is 1. The topological polar surface area (TPSA) is 69.2 Å². The summed E-state index contributed by atoms with van der Waals surface area (Å²) in [6.07, 6.45) is 0. The van der Waals surface area contributed by atoms with Crippen LogP contribution in [0.5, 0.6) is 5.75 Å². The van der Waals surface area contributed by atoms with Gasteiger partial charge in [-0.3, -0.25) is 9.79 Å². The number of rotatable bonds is 7. The molecule has 0 spiro atoms. The maximum Gasteiger partial charge on any atom is 0.251 e. The zero-order valence-electron chi connectivity index (χ0n) is 17.5. The van der Waals surface area contributed by atoms with E-state index in [4.69, 9.17) is 9.73 Å². The normalized spacial score (nSPS) is 14.1. The lowest BCUT2D eigenvalue weighted by molar-refractivity contribution is 0.0954. The Kier molecular flexibility index (Phi) is 10.2. The lowest BCUT2D eigenvalue weighted by Crippen LogP contribution is -2.52. The number of amides is 1. The minimum atomic E-state index is -0.0996. The minimum absolute atomic E-state index is 0. The summed E-state index contributed by atoms with van der Waals surface area (Å²) in [6, 6.07) is 11.4. The first-order valence-corrected chi connectivity index (χ1v) is 10.8. The van der Waals surface area contributed by atoms with Gasteiger partial charge in [0.05, 0.1) is 18.7 Å². The third kappa shape index (κ3) is 6.76. The molecule has 7 nitrogen and oxygen atoms in total. The van der Waals surface area contributed by atoms with Crippen molar-refractivity contribution in [2.24, 2.45) is 4.99 Å². The number of ether oxygens (including phenoxy) is 1. The second-order valence-electron chi connectivity index (χ2n) is 6.65. The van der Waals surface area contributed by atoms with E-state index in [0.717, 1.165) is 44.4 Å². The average molecular weight is 543 g/mol. The Morgan fingerprint density at radius 2 is 1.87 bits per heavy atom. The predicted molar refractivity (Wildman–Crippen MR) is 135 cm³/mol. The van der Waals surface area contributed by atoms with E-state index in [1.807, 2.05) is 0 Å². The van der Waals surface area contributed by atoms with E-state index in [1.54, 1.807) is 42.7 Å². The standard InChI is InChI=1S/C21H29N5O2S.HI/c1-3-22-21(26-14-12-25(13-15-26)19-5-4-16-29-19)24-11-10-23-20(27)17-6-8-18(28-2)9-7-17;/h4-9,16H,3,10-15H2,1-2H3,(H,22,24)(H,23,27);1H. The van der Waals surface area contributed by atoms with Gasteiger partial charge in [-0.2, -0.15) is 0 Å². The third-order valence-electron chi connectivity index (χ3n) is 4.74. The lowest BCUT2D eigenvalue weighted by atomic mass is 10.2. The van der Waals surface area contributed by atoms with E-state index < -0.39 is 0 Å². The third-order valence-corrected chi connectivity index (χ3v) is 5.67. The van der Waals surface area contributed by atoms with E-state index in [1.165, 1.54) is 5.00 Å². The molecule has 1 aromatic carbocycles. The van der Waals surface area contributed by atoms with E-state index in [-0.39, 0.29) is 29.9 Å². The molecule has 1 saturated heterocycles. The molecule has 0 atom stereocenters. The lowest BCUT2D eigenvalue weighted by Gasteiger charge is -2.37. The van der Waals surface area contributed by atoms with Crippen molar-refractivity contribution in [2.75, 3.05) is 57.8 Å². The highest BCUT2D eigenvalue weighted by Crippen LogP contribution is 2.22. The maximum absolute atomic E-state index is 12.2. The largest absolute Gasteiger partial charge is 0.497 e. The number of carbonyl (C=O) groups is 1. The summed E-state index contributed by atoms with van der Waals surface area (Å²) < 4.78 is 5.12. The second-order valence-corrected chi connectivity index (χ2v) is 7.57. The van der Waals surface area contributed by atoms with Crippen molar-refractivity contribution in [3.8, 4) is 5.75 Å². The van der Waals surface area contributed by atoms with E-state index in [9.17, 15) is 4.79 Å². The van der Waals surface area contributed by atoms with Gasteiger partial charge >= 0.3 is 0 Å². The number of piperazine rings is 1. The molecule has 2 aromatic rings. The molecular weight excluding hydrogens is 513 g/mol. The monoisotopic (exact) mass is 543 g/mol. The van der Waals surface area contributed by atoms with Crippen molar-refractivity contribution >= 4 is 52.2 Å². The van der Waals surface area contributed by atoms with Crippen LogP contribution in [0, 0.1) is 0 Å². The summed E-state index contributed by atoms with van der Waals surface area (Å²) in [5, 5.41) is 9.74. The minimum Gasteiger partial charge on any atom is -0.497 e. The molecule has 1 aliphatic rings. The van der Waals surface area contributed by atoms with Gasteiger partial charge in [-0.05, 0) is 48.7 Å². The first-order chi connectivity index (χ1) is 14.2. The van der Waals surface area contributed by atoms with E-state index in [0.29, 0.717) is 18.7 Å². The number of carbonyl (C=O) groups excluding carboxylic acids is 1. The number of thiophene rings is 1. The fourth-order valence-corrected chi connectivity index (χ4v) is 3.98. The van der Waals surface area contributed by atoms with Gasteiger partial charge in [0.15, 0.2) is 5.96 Å². The van der Waals surface area contributed by atoms with Crippen molar-refractivity contribution in [3.05, 3.63) is 47.3 Å². The molecule has 1 aromatic heterocycles. The second kappa shape index (κ2) is 12.6. The molecule has 1 fully saturated rings. The van der Waals surface area contributed by atoms with Crippen molar-refractivity contribution in [1.29, 1.82) is 0 Å². The molecule has 0 unspecified atom stereocenters. The Labute approximate surface area is 199 Å². The van der Waals surface area contributed by atoms with E-state index in [2.05, 4.69) is 44.9 Å². The van der Waals surface area contributed by atoms with Gasteiger partial charge in [-0.1, -0.05) is 0 Å². The number of guanidine groups is 1. The summed E-state index contributed by atoms with van der Waals surface area (Å²) >= 11 is 1.78. The number of halogens is 1.